The third-order valence-corrected chi connectivity index (χ3v) is 6.05. The maximum atomic E-state index is 14.8. The van der Waals surface area contributed by atoms with Crippen LogP contribution in [0.2, 0.25) is 0 Å². The van der Waals surface area contributed by atoms with Crippen LogP contribution in [0, 0.1) is 18.6 Å². The lowest BCUT2D eigenvalue weighted by atomic mass is 10.2. The molecular formula is C32H34F2N6O5. The summed E-state index contributed by atoms with van der Waals surface area (Å²) in [6, 6.07) is 12.2. The van der Waals surface area contributed by atoms with Gasteiger partial charge in [-0.1, -0.05) is 6.07 Å². The molecule has 0 saturated heterocycles. The number of hydrogen-bond acceptors (Lipinski definition) is 6. The van der Waals surface area contributed by atoms with Gasteiger partial charge in [0.1, 0.15) is 28.7 Å². The third kappa shape index (κ3) is 9.78. The fourth-order valence-electron chi connectivity index (χ4n) is 4.00. The Morgan fingerprint density at radius 2 is 1.60 bits per heavy atom. The minimum Gasteiger partial charge on any atom is -0.457 e. The Kier molecular flexibility index (Phi) is 10.3. The summed E-state index contributed by atoms with van der Waals surface area (Å²) < 4.78 is 39.7. The molecule has 0 unspecified atom stereocenters. The number of aromatic amines is 1. The van der Waals surface area contributed by atoms with Crippen LogP contribution < -0.4 is 26.0 Å². The van der Waals surface area contributed by atoms with Crippen molar-refractivity contribution in [2.75, 3.05) is 23.7 Å². The number of alkyl carbamates (subject to hydrolysis) is 1. The van der Waals surface area contributed by atoms with E-state index in [0.29, 0.717) is 42.2 Å². The van der Waals surface area contributed by atoms with Gasteiger partial charge in [0.15, 0.2) is 0 Å². The molecule has 0 aliphatic carbocycles. The van der Waals surface area contributed by atoms with Gasteiger partial charge in [-0.2, -0.15) is 0 Å². The third-order valence-electron chi connectivity index (χ3n) is 6.05. The van der Waals surface area contributed by atoms with E-state index < -0.39 is 29.4 Å². The van der Waals surface area contributed by atoms with Crippen LogP contribution in [-0.4, -0.2) is 46.7 Å². The van der Waals surface area contributed by atoms with E-state index in [1.165, 1.54) is 30.5 Å². The number of nitrogens with one attached hydrogen (secondary N) is 5. The van der Waals surface area contributed by atoms with Crippen molar-refractivity contribution in [3.05, 3.63) is 89.8 Å². The van der Waals surface area contributed by atoms with Crippen LogP contribution in [0.4, 0.5) is 29.7 Å². The Morgan fingerprint density at radius 3 is 2.36 bits per heavy atom. The number of rotatable bonds is 10. The summed E-state index contributed by atoms with van der Waals surface area (Å²) in [7, 11) is 0. The second-order valence-electron chi connectivity index (χ2n) is 11.0. The lowest BCUT2D eigenvalue weighted by molar-refractivity contribution is 0.0527. The van der Waals surface area contributed by atoms with Crippen molar-refractivity contribution in [3.8, 4) is 22.9 Å². The smallest absolute Gasteiger partial charge is 0.407 e. The van der Waals surface area contributed by atoms with Crippen molar-refractivity contribution in [1.29, 1.82) is 0 Å². The molecule has 4 aromatic rings. The molecule has 4 amide bonds. The Balaban J connectivity index is 1.29. The maximum absolute atomic E-state index is 14.8. The number of anilines is 2. The highest BCUT2D eigenvalue weighted by Crippen LogP contribution is 2.28. The lowest BCUT2D eigenvalue weighted by Crippen LogP contribution is -2.34. The fraction of sp³-hybridized carbons (Fsp3) is 0.250. The summed E-state index contributed by atoms with van der Waals surface area (Å²) in [5.74, 6) is -1.16. The number of pyridine rings is 1. The molecule has 0 aliphatic rings. The first-order chi connectivity index (χ1) is 21.4. The van der Waals surface area contributed by atoms with Crippen LogP contribution in [0.5, 0.6) is 11.5 Å². The van der Waals surface area contributed by atoms with E-state index in [1.54, 1.807) is 58.2 Å². The van der Waals surface area contributed by atoms with Crippen LogP contribution in [0.3, 0.4) is 0 Å². The van der Waals surface area contributed by atoms with E-state index in [1.807, 2.05) is 0 Å². The number of aromatic nitrogens is 2. The molecule has 11 nitrogen and oxygen atoms in total. The molecular weight excluding hydrogens is 586 g/mol. The van der Waals surface area contributed by atoms with E-state index in [-0.39, 0.29) is 23.0 Å². The summed E-state index contributed by atoms with van der Waals surface area (Å²) in [6.45, 7) is 7.77. The summed E-state index contributed by atoms with van der Waals surface area (Å²) in [5.41, 5.74) is 1.43. The molecule has 2 heterocycles. The first-order valence-electron chi connectivity index (χ1n) is 14.1. The Hall–Kier alpha value is -5.46. The number of carbonyl (C=O) groups is 3. The predicted octanol–water partition coefficient (Wildman–Crippen LogP) is 6.74. The number of H-pyrrole nitrogens is 1. The number of halogens is 2. The van der Waals surface area contributed by atoms with Gasteiger partial charge in [0.2, 0.25) is 0 Å². The standard InChI is InChI=1S/C32H34F2N6O5/c1-19-6-8-23(33)26(14-19)40-30(42)39-25-9-7-21(16-24(25)34)44-22-10-13-35-28(17-22)27-15-20(18-38-27)29(41)36-11-5-12-37-31(43)45-32(2,3)4/h6-10,13-18,38H,5,11-12H2,1-4H3,(H,36,41)(H,37,43)(H2,39,40,42). The molecule has 0 fully saturated rings. The molecule has 45 heavy (non-hydrogen) atoms. The summed E-state index contributed by atoms with van der Waals surface area (Å²) in [5, 5.41) is 10.1. The average Bonchev–Trinajstić information content (AvgIpc) is 3.46. The number of benzene rings is 2. The molecule has 0 spiro atoms. The second-order valence-corrected chi connectivity index (χ2v) is 11.0. The van der Waals surface area contributed by atoms with Gasteiger partial charge in [-0.15, -0.1) is 0 Å². The van der Waals surface area contributed by atoms with Crippen molar-refractivity contribution in [1.82, 2.24) is 20.6 Å². The van der Waals surface area contributed by atoms with Crippen LogP contribution in [0.15, 0.2) is 67.0 Å². The zero-order valence-corrected chi connectivity index (χ0v) is 25.2. The largest absolute Gasteiger partial charge is 0.457 e. The molecule has 0 radical (unpaired) electrons. The van der Waals surface area contributed by atoms with Gasteiger partial charge in [0.25, 0.3) is 5.91 Å². The average molecular weight is 621 g/mol. The number of nitrogens with zero attached hydrogens (tertiary/aromatic N) is 1. The van der Waals surface area contributed by atoms with E-state index in [9.17, 15) is 23.2 Å². The quantitative estimate of drug-likeness (QED) is 0.124. The van der Waals surface area contributed by atoms with Gasteiger partial charge in [-0.3, -0.25) is 9.78 Å². The molecule has 0 atom stereocenters. The van der Waals surface area contributed by atoms with Crippen molar-refractivity contribution < 1.29 is 32.6 Å². The first-order valence-corrected chi connectivity index (χ1v) is 14.1. The van der Waals surface area contributed by atoms with Gasteiger partial charge in [-0.05, 0) is 76.1 Å². The fourth-order valence-corrected chi connectivity index (χ4v) is 4.00. The van der Waals surface area contributed by atoms with E-state index in [0.717, 1.165) is 11.6 Å². The molecule has 236 valence electrons. The van der Waals surface area contributed by atoms with Crippen LogP contribution in [0.25, 0.3) is 11.4 Å². The highest BCUT2D eigenvalue weighted by molar-refractivity contribution is 6.00. The van der Waals surface area contributed by atoms with Crippen LogP contribution in [-0.2, 0) is 4.74 Å². The number of carbonyl (C=O) groups excluding carboxylic acids is 3. The molecule has 2 aromatic heterocycles. The number of amides is 4. The van der Waals surface area contributed by atoms with E-state index >= 15 is 0 Å². The number of aryl methyl sites for hydroxylation is 1. The van der Waals surface area contributed by atoms with Crippen LogP contribution >= 0.6 is 0 Å². The van der Waals surface area contributed by atoms with Crippen molar-refractivity contribution >= 4 is 29.4 Å². The SMILES string of the molecule is Cc1ccc(F)c(NC(=O)Nc2ccc(Oc3ccnc(-c4cc(C(=O)NCCCNC(=O)OC(C)(C)C)c[nH]4)c3)cc2F)c1. The van der Waals surface area contributed by atoms with Gasteiger partial charge >= 0.3 is 12.1 Å². The summed E-state index contributed by atoms with van der Waals surface area (Å²) in [6.07, 6.45) is 3.05. The number of ether oxygens (including phenoxy) is 2. The minimum absolute atomic E-state index is 0.0270. The zero-order chi connectivity index (χ0) is 32.6. The van der Waals surface area contributed by atoms with Crippen molar-refractivity contribution in [2.45, 2.75) is 39.7 Å². The lowest BCUT2D eigenvalue weighted by Gasteiger charge is -2.19. The van der Waals surface area contributed by atoms with Crippen LogP contribution in [0.1, 0.15) is 43.1 Å². The molecule has 4 rings (SSSR count). The molecule has 2 aromatic carbocycles. The number of hydrogen-bond donors (Lipinski definition) is 5. The molecule has 0 bridgehead atoms. The van der Waals surface area contributed by atoms with Gasteiger partial charge in [0.05, 0.1) is 28.3 Å². The Bertz CT molecular complexity index is 1680. The first kappa shape index (κ1) is 32.5. The number of urea groups is 1. The Labute approximate surface area is 258 Å². The van der Waals surface area contributed by atoms with Crippen molar-refractivity contribution in [3.63, 3.8) is 0 Å². The highest BCUT2D eigenvalue weighted by Gasteiger charge is 2.16. The highest BCUT2D eigenvalue weighted by atomic mass is 19.1. The van der Waals surface area contributed by atoms with E-state index in [4.69, 9.17) is 9.47 Å². The van der Waals surface area contributed by atoms with Gasteiger partial charge in [0, 0.05) is 37.6 Å². The molecule has 13 heteroatoms. The second kappa shape index (κ2) is 14.3. The normalized spacial score (nSPS) is 11.0. The maximum Gasteiger partial charge on any atom is 0.407 e. The van der Waals surface area contributed by atoms with E-state index in [2.05, 4.69) is 31.2 Å². The van der Waals surface area contributed by atoms with Gasteiger partial charge < -0.3 is 35.7 Å². The molecule has 5 N–H and O–H groups in total. The topological polar surface area (TPSA) is 146 Å². The minimum atomic E-state index is -0.806. The summed E-state index contributed by atoms with van der Waals surface area (Å²) >= 11 is 0. The monoisotopic (exact) mass is 620 g/mol. The predicted molar refractivity (Wildman–Crippen MR) is 165 cm³/mol. The van der Waals surface area contributed by atoms with Crippen molar-refractivity contribution in [2.24, 2.45) is 0 Å². The molecule has 0 aliphatic heterocycles. The van der Waals surface area contributed by atoms with Gasteiger partial charge in [-0.25, -0.2) is 18.4 Å². The Morgan fingerprint density at radius 1 is 0.867 bits per heavy atom. The molecule has 0 saturated carbocycles. The summed E-state index contributed by atoms with van der Waals surface area (Å²) in [4.78, 5) is 43.9. The zero-order valence-electron chi connectivity index (χ0n) is 25.2.